The van der Waals surface area contributed by atoms with Crippen LogP contribution >= 0.6 is 0 Å². The van der Waals surface area contributed by atoms with Crippen molar-refractivity contribution in [2.24, 2.45) is 5.92 Å². The zero-order chi connectivity index (χ0) is 13.9. The summed E-state index contributed by atoms with van der Waals surface area (Å²) in [4.78, 5) is 11.9. The van der Waals surface area contributed by atoms with Crippen LogP contribution in [0.25, 0.3) is 10.8 Å². The number of carbonyl (C=O) groups excluding carboxylic acids is 1. The molecule has 2 N–H and O–H groups in total. The predicted molar refractivity (Wildman–Crippen MR) is 79.4 cm³/mol. The number of nitrogens with one attached hydrogen (secondary N) is 1. The summed E-state index contributed by atoms with van der Waals surface area (Å²) >= 11 is 0. The summed E-state index contributed by atoms with van der Waals surface area (Å²) < 4.78 is 0. The Hall–Kier alpha value is -1.87. The monoisotopic (exact) mass is 269 g/mol. The number of aliphatic hydroxyl groups is 1. The lowest BCUT2D eigenvalue weighted by molar-refractivity contribution is -0.121. The van der Waals surface area contributed by atoms with Crippen molar-refractivity contribution in [1.29, 1.82) is 0 Å². The molecule has 2 aromatic rings. The summed E-state index contributed by atoms with van der Waals surface area (Å²) in [6.07, 6.45) is 1.89. The van der Waals surface area contributed by atoms with Crippen molar-refractivity contribution in [3.05, 3.63) is 48.0 Å². The first-order valence-electron chi connectivity index (χ1n) is 7.13. The molecule has 1 amide bonds. The lowest BCUT2D eigenvalue weighted by atomic mass is 9.82. The number of hydrogen-bond donors (Lipinski definition) is 2. The average molecular weight is 269 g/mol. The molecule has 3 rings (SSSR count). The summed E-state index contributed by atoms with van der Waals surface area (Å²) in [6, 6.07) is 14.3. The van der Waals surface area contributed by atoms with Gasteiger partial charge in [-0.15, -0.1) is 0 Å². The SMILES string of the molecule is O=C(Cc1ccc2ccccc2c1)NCC1CC(O)C1. The molecule has 104 valence electrons. The Kier molecular flexibility index (Phi) is 3.70. The summed E-state index contributed by atoms with van der Waals surface area (Å²) in [5.74, 6) is 0.507. The Bertz CT molecular complexity index is 617. The van der Waals surface area contributed by atoms with Crippen LogP contribution in [0.1, 0.15) is 18.4 Å². The minimum Gasteiger partial charge on any atom is -0.393 e. The van der Waals surface area contributed by atoms with Crippen LogP contribution in [0, 0.1) is 5.92 Å². The molecular weight excluding hydrogens is 250 g/mol. The first kappa shape index (κ1) is 13.1. The molecule has 1 saturated carbocycles. The molecule has 0 radical (unpaired) electrons. The highest BCUT2D eigenvalue weighted by Crippen LogP contribution is 2.26. The molecule has 1 fully saturated rings. The maximum absolute atomic E-state index is 11.9. The van der Waals surface area contributed by atoms with Gasteiger partial charge in [-0.2, -0.15) is 0 Å². The second-order valence-corrected chi connectivity index (χ2v) is 5.65. The Morgan fingerprint density at radius 1 is 1.15 bits per heavy atom. The zero-order valence-electron chi connectivity index (χ0n) is 11.4. The minimum atomic E-state index is -0.155. The van der Waals surface area contributed by atoms with E-state index in [0.29, 0.717) is 18.9 Å². The summed E-state index contributed by atoms with van der Waals surface area (Å²) in [5.41, 5.74) is 1.04. The second-order valence-electron chi connectivity index (χ2n) is 5.65. The van der Waals surface area contributed by atoms with Crippen LogP contribution in [0.2, 0.25) is 0 Å². The van der Waals surface area contributed by atoms with Gasteiger partial charge in [0.2, 0.25) is 5.91 Å². The third kappa shape index (κ3) is 2.99. The van der Waals surface area contributed by atoms with E-state index >= 15 is 0 Å². The fourth-order valence-corrected chi connectivity index (χ4v) is 2.72. The first-order valence-corrected chi connectivity index (χ1v) is 7.13. The predicted octanol–water partition coefficient (Wildman–Crippen LogP) is 2.27. The third-order valence-electron chi connectivity index (χ3n) is 3.98. The molecule has 0 spiro atoms. The standard InChI is InChI=1S/C17H19NO2/c19-16-8-13(9-16)11-18-17(20)10-12-5-6-14-3-1-2-4-15(14)7-12/h1-7,13,16,19H,8-11H2,(H,18,20). The maximum Gasteiger partial charge on any atom is 0.224 e. The Morgan fingerprint density at radius 3 is 2.65 bits per heavy atom. The average Bonchev–Trinajstić information content (AvgIpc) is 2.42. The molecule has 0 atom stereocenters. The van der Waals surface area contributed by atoms with Gasteiger partial charge in [-0.05, 0) is 35.1 Å². The van der Waals surface area contributed by atoms with E-state index in [2.05, 4.69) is 29.6 Å². The van der Waals surface area contributed by atoms with Crippen LogP contribution in [-0.4, -0.2) is 23.7 Å². The van der Waals surface area contributed by atoms with Gasteiger partial charge in [0.25, 0.3) is 0 Å². The van der Waals surface area contributed by atoms with Crippen molar-refractivity contribution in [3.8, 4) is 0 Å². The number of hydrogen-bond acceptors (Lipinski definition) is 2. The quantitative estimate of drug-likeness (QED) is 0.894. The minimum absolute atomic E-state index is 0.0571. The van der Waals surface area contributed by atoms with Crippen molar-refractivity contribution < 1.29 is 9.90 Å². The lowest BCUT2D eigenvalue weighted by Gasteiger charge is -2.31. The van der Waals surface area contributed by atoms with Crippen molar-refractivity contribution in [2.45, 2.75) is 25.4 Å². The first-order chi connectivity index (χ1) is 9.70. The summed E-state index contributed by atoms with van der Waals surface area (Å²) in [7, 11) is 0. The molecule has 3 nitrogen and oxygen atoms in total. The van der Waals surface area contributed by atoms with Crippen LogP contribution in [0.4, 0.5) is 0 Å². The molecule has 0 bridgehead atoms. The van der Waals surface area contributed by atoms with Gasteiger partial charge in [0, 0.05) is 6.54 Å². The fraction of sp³-hybridized carbons (Fsp3) is 0.353. The van der Waals surface area contributed by atoms with E-state index in [1.807, 2.05) is 18.2 Å². The molecule has 0 aliphatic heterocycles. The van der Waals surface area contributed by atoms with Crippen molar-refractivity contribution in [3.63, 3.8) is 0 Å². The van der Waals surface area contributed by atoms with E-state index in [-0.39, 0.29) is 12.0 Å². The molecule has 2 aromatic carbocycles. The molecule has 3 heteroatoms. The number of fused-ring (bicyclic) bond motifs is 1. The normalized spacial score (nSPS) is 21.4. The Balaban J connectivity index is 1.56. The molecular formula is C17H19NO2. The topological polar surface area (TPSA) is 49.3 Å². The molecule has 1 aliphatic carbocycles. The van der Waals surface area contributed by atoms with Gasteiger partial charge in [0.05, 0.1) is 12.5 Å². The molecule has 0 unspecified atom stereocenters. The third-order valence-corrected chi connectivity index (χ3v) is 3.98. The van der Waals surface area contributed by atoms with E-state index in [4.69, 9.17) is 0 Å². The van der Waals surface area contributed by atoms with Crippen LogP contribution in [0.5, 0.6) is 0 Å². The van der Waals surface area contributed by atoms with E-state index in [9.17, 15) is 9.90 Å². The van der Waals surface area contributed by atoms with Crippen LogP contribution < -0.4 is 5.32 Å². The van der Waals surface area contributed by atoms with Gasteiger partial charge in [0.1, 0.15) is 0 Å². The molecule has 20 heavy (non-hydrogen) atoms. The number of aliphatic hydroxyl groups excluding tert-OH is 1. The van der Waals surface area contributed by atoms with Crippen LogP contribution in [0.15, 0.2) is 42.5 Å². The molecule has 0 saturated heterocycles. The number of rotatable bonds is 4. The molecule has 0 aromatic heterocycles. The lowest BCUT2D eigenvalue weighted by Crippen LogP contribution is -2.38. The van der Waals surface area contributed by atoms with Gasteiger partial charge in [-0.3, -0.25) is 4.79 Å². The number of carbonyl (C=O) groups is 1. The zero-order valence-corrected chi connectivity index (χ0v) is 11.4. The number of benzene rings is 2. The van der Waals surface area contributed by atoms with E-state index in [1.54, 1.807) is 0 Å². The highest BCUT2D eigenvalue weighted by Gasteiger charge is 2.27. The molecule has 1 aliphatic rings. The maximum atomic E-state index is 11.9. The summed E-state index contributed by atoms with van der Waals surface area (Å²) in [5, 5.41) is 14.5. The Morgan fingerprint density at radius 2 is 1.90 bits per heavy atom. The van der Waals surface area contributed by atoms with E-state index in [0.717, 1.165) is 18.4 Å². The van der Waals surface area contributed by atoms with Crippen molar-refractivity contribution >= 4 is 16.7 Å². The highest BCUT2D eigenvalue weighted by molar-refractivity contribution is 5.85. The van der Waals surface area contributed by atoms with Crippen molar-refractivity contribution in [2.75, 3.05) is 6.54 Å². The van der Waals surface area contributed by atoms with Crippen LogP contribution in [0.3, 0.4) is 0 Å². The van der Waals surface area contributed by atoms with Crippen molar-refractivity contribution in [1.82, 2.24) is 5.32 Å². The molecule has 0 heterocycles. The van der Waals surface area contributed by atoms with Gasteiger partial charge in [0.15, 0.2) is 0 Å². The second kappa shape index (κ2) is 5.63. The summed E-state index contributed by atoms with van der Waals surface area (Å²) in [6.45, 7) is 0.684. The van der Waals surface area contributed by atoms with Gasteiger partial charge in [-0.25, -0.2) is 0 Å². The highest BCUT2D eigenvalue weighted by atomic mass is 16.3. The fourth-order valence-electron chi connectivity index (χ4n) is 2.72. The smallest absolute Gasteiger partial charge is 0.224 e. The van der Waals surface area contributed by atoms with Gasteiger partial charge < -0.3 is 10.4 Å². The Labute approximate surface area is 118 Å². The van der Waals surface area contributed by atoms with Gasteiger partial charge >= 0.3 is 0 Å². The van der Waals surface area contributed by atoms with Crippen LogP contribution in [-0.2, 0) is 11.2 Å². The van der Waals surface area contributed by atoms with E-state index < -0.39 is 0 Å². The van der Waals surface area contributed by atoms with E-state index in [1.165, 1.54) is 10.8 Å². The number of amides is 1. The largest absolute Gasteiger partial charge is 0.393 e. The van der Waals surface area contributed by atoms with Gasteiger partial charge in [-0.1, -0.05) is 42.5 Å².